The second kappa shape index (κ2) is 6.99. The molecule has 2 rings (SSSR count). The highest BCUT2D eigenvalue weighted by atomic mass is 35.5. The minimum absolute atomic E-state index is 0.0406. The summed E-state index contributed by atoms with van der Waals surface area (Å²) in [7, 11) is 0. The Labute approximate surface area is 129 Å². The van der Waals surface area contributed by atoms with Crippen LogP contribution in [0.2, 0.25) is 5.02 Å². The van der Waals surface area contributed by atoms with Crippen molar-refractivity contribution < 1.29 is 9.47 Å². The van der Waals surface area contributed by atoms with E-state index in [0.717, 1.165) is 5.56 Å². The molecule has 0 aliphatic carbocycles. The second-order valence-corrected chi connectivity index (χ2v) is 4.98. The van der Waals surface area contributed by atoms with Gasteiger partial charge in [-0.05, 0) is 48.9 Å². The van der Waals surface area contributed by atoms with Crippen molar-refractivity contribution >= 4 is 17.4 Å². The zero-order chi connectivity index (χ0) is 15.2. The number of rotatable bonds is 6. The Morgan fingerprint density at radius 2 is 1.76 bits per heavy atom. The largest absolute Gasteiger partial charge is 0.490 e. The molecule has 110 valence electrons. The second-order valence-electron chi connectivity index (χ2n) is 4.57. The number of hydrogen-bond donors (Lipinski definition) is 2. The lowest BCUT2D eigenvalue weighted by molar-refractivity contribution is 0.217. The minimum atomic E-state index is 0.0406. The van der Waals surface area contributed by atoms with Crippen molar-refractivity contribution in [3.05, 3.63) is 58.6 Å². The van der Waals surface area contributed by atoms with Crippen LogP contribution >= 0.6 is 11.6 Å². The van der Waals surface area contributed by atoms with Gasteiger partial charge in [0.25, 0.3) is 0 Å². The van der Waals surface area contributed by atoms with E-state index < -0.39 is 0 Å². The van der Waals surface area contributed by atoms with Gasteiger partial charge < -0.3 is 15.2 Å². The van der Waals surface area contributed by atoms with Crippen LogP contribution in [-0.4, -0.2) is 19.0 Å². The summed E-state index contributed by atoms with van der Waals surface area (Å²) in [5, 5.41) is 7.91. The highest BCUT2D eigenvalue weighted by Crippen LogP contribution is 2.25. The summed E-state index contributed by atoms with van der Waals surface area (Å²) in [4.78, 5) is 0. The Morgan fingerprint density at radius 3 is 2.38 bits per heavy atom. The fourth-order valence-electron chi connectivity index (χ4n) is 1.76. The Balaban J connectivity index is 1.80. The SMILES string of the molecule is Cc1ccc(OCCOc2ccc(C(=N)N)cc2)c(Cl)c1. The number of hydrogen-bond acceptors (Lipinski definition) is 3. The van der Waals surface area contributed by atoms with E-state index in [4.69, 9.17) is 32.2 Å². The molecule has 0 heterocycles. The molecular weight excluding hydrogens is 288 g/mol. The molecule has 4 nitrogen and oxygen atoms in total. The average molecular weight is 305 g/mol. The molecule has 21 heavy (non-hydrogen) atoms. The first-order valence-electron chi connectivity index (χ1n) is 6.52. The monoisotopic (exact) mass is 304 g/mol. The number of amidine groups is 1. The predicted molar refractivity (Wildman–Crippen MR) is 84.6 cm³/mol. The molecular formula is C16H17ClN2O2. The summed E-state index contributed by atoms with van der Waals surface area (Å²) in [5.41, 5.74) is 7.15. The molecule has 0 unspecified atom stereocenters. The number of nitrogens with two attached hydrogens (primary N) is 1. The van der Waals surface area contributed by atoms with Crippen molar-refractivity contribution in [2.24, 2.45) is 5.73 Å². The van der Waals surface area contributed by atoms with Gasteiger partial charge in [0, 0.05) is 5.56 Å². The van der Waals surface area contributed by atoms with Crippen LogP contribution in [0.1, 0.15) is 11.1 Å². The van der Waals surface area contributed by atoms with Crippen LogP contribution in [0.15, 0.2) is 42.5 Å². The van der Waals surface area contributed by atoms with Gasteiger partial charge in [-0.15, -0.1) is 0 Å². The number of benzene rings is 2. The van der Waals surface area contributed by atoms with Gasteiger partial charge in [-0.1, -0.05) is 17.7 Å². The lowest BCUT2D eigenvalue weighted by Crippen LogP contribution is -2.11. The molecule has 2 aromatic carbocycles. The topological polar surface area (TPSA) is 68.3 Å². The Hall–Kier alpha value is -2.20. The molecule has 0 bridgehead atoms. The van der Waals surface area contributed by atoms with E-state index in [1.165, 1.54) is 0 Å². The van der Waals surface area contributed by atoms with E-state index in [2.05, 4.69) is 0 Å². The maximum absolute atomic E-state index is 7.31. The fourth-order valence-corrected chi connectivity index (χ4v) is 2.05. The van der Waals surface area contributed by atoms with Gasteiger partial charge in [0.1, 0.15) is 30.5 Å². The third-order valence-corrected chi connectivity index (χ3v) is 3.16. The van der Waals surface area contributed by atoms with E-state index in [0.29, 0.717) is 35.3 Å². The van der Waals surface area contributed by atoms with Crippen molar-refractivity contribution in [2.75, 3.05) is 13.2 Å². The molecule has 5 heteroatoms. The van der Waals surface area contributed by atoms with Crippen molar-refractivity contribution in [1.29, 1.82) is 5.41 Å². The van der Waals surface area contributed by atoms with Gasteiger partial charge in [0.2, 0.25) is 0 Å². The third-order valence-electron chi connectivity index (χ3n) is 2.86. The highest BCUT2D eigenvalue weighted by molar-refractivity contribution is 6.32. The normalized spacial score (nSPS) is 10.2. The summed E-state index contributed by atoms with van der Waals surface area (Å²) >= 11 is 6.07. The van der Waals surface area contributed by atoms with Crippen LogP contribution in [-0.2, 0) is 0 Å². The maximum Gasteiger partial charge on any atom is 0.138 e. The first-order valence-corrected chi connectivity index (χ1v) is 6.90. The van der Waals surface area contributed by atoms with Crippen LogP contribution in [0.4, 0.5) is 0 Å². The van der Waals surface area contributed by atoms with E-state index >= 15 is 0 Å². The number of nitrogens with one attached hydrogen (secondary N) is 1. The van der Waals surface area contributed by atoms with Gasteiger partial charge in [-0.3, -0.25) is 5.41 Å². The van der Waals surface area contributed by atoms with Gasteiger partial charge in [-0.2, -0.15) is 0 Å². The molecule has 0 aromatic heterocycles. The van der Waals surface area contributed by atoms with Crippen molar-refractivity contribution in [3.63, 3.8) is 0 Å². The summed E-state index contributed by atoms with van der Waals surface area (Å²) in [6.45, 7) is 2.78. The van der Waals surface area contributed by atoms with Gasteiger partial charge in [-0.25, -0.2) is 0 Å². The van der Waals surface area contributed by atoms with Crippen LogP contribution in [0.5, 0.6) is 11.5 Å². The lowest BCUT2D eigenvalue weighted by Gasteiger charge is -2.10. The van der Waals surface area contributed by atoms with Crippen molar-refractivity contribution in [3.8, 4) is 11.5 Å². The van der Waals surface area contributed by atoms with E-state index in [-0.39, 0.29) is 5.84 Å². The molecule has 0 aliphatic rings. The minimum Gasteiger partial charge on any atom is -0.490 e. The molecule has 0 radical (unpaired) electrons. The zero-order valence-corrected chi connectivity index (χ0v) is 12.5. The van der Waals surface area contributed by atoms with Crippen molar-refractivity contribution in [1.82, 2.24) is 0 Å². The Kier molecular flexibility index (Phi) is 5.06. The van der Waals surface area contributed by atoms with Crippen LogP contribution in [0, 0.1) is 12.3 Å². The van der Waals surface area contributed by atoms with Crippen LogP contribution < -0.4 is 15.2 Å². The number of halogens is 1. The van der Waals surface area contributed by atoms with Crippen molar-refractivity contribution in [2.45, 2.75) is 6.92 Å². The van der Waals surface area contributed by atoms with Gasteiger partial charge in [0.05, 0.1) is 5.02 Å². The molecule has 3 N–H and O–H groups in total. The van der Waals surface area contributed by atoms with E-state index in [1.54, 1.807) is 24.3 Å². The molecule has 0 atom stereocenters. The summed E-state index contributed by atoms with van der Waals surface area (Å²) in [5.74, 6) is 1.40. The molecule has 0 spiro atoms. The summed E-state index contributed by atoms with van der Waals surface area (Å²) < 4.78 is 11.1. The van der Waals surface area contributed by atoms with E-state index in [9.17, 15) is 0 Å². The molecule has 0 aliphatic heterocycles. The summed E-state index contributed by atoms with van der Waals surface area (Å²) in [6.07, 6.45) is 0. The Morgan fingerprint density at radius 1 is 1.10 bits per heavy atom. The first-order chi connectivity index (χ1) is 10.1. The third kappa shape index (κ3) is 4.39. The molecule has 2 aromatic rings. The maximum atomic E-state index is 7.31. The standard InChI is InChI=1S/C16H17ClN2O2/c1-11-2-7-15(14(17)10-11)21-9-8-20-13-5-3-12(4-6-13)16(18)19/h2-7,10H,8-9H2,1H3,(H3,18,19). The first kappa shape index (κ1) is 15.2. The van der Waals surface area contributed by atoms with Crippen LogP contribution in [0.3, 0.4) is 0 Å². The predicted octanol–water partition coefficient (Wildman–Crippen LogP) is 3.39. The smallest absolute Gasteiger partial charge is 0.138 e. The van der Waals surface area contributed by atoms with Crippen LogP contribution in [0.25, 0.3) is 0 Å². The average Bonchev–Trinajstić information content (AvgIpc) is 2.46. The highest BCUT2D eigenvalue weighted by Gasteiger charge is 2.02. The number of nitrogen functional groups attached to an aromatic ring is 1. The molecule has 0 saturated heterocycles. The summed E-state index contributed by atoms with van der Waals surface area (Å²) in [6, 6.07) is 12.7. The quantitative estimate of drug-likeness (QED) is 0.488. The van der Waals surface area contributed by atoms with Gasteiger partial charge >= 0.3 is 0 Å². The van der Waals surface area contributed by atoms with Gasteiger partial charge in [0.15, 0.2) is 0 Å². The lowest BCUT2D eigenvalue weighted by atomic mass is 10.2. The molecule has 0 fully saturated rings. The Bertz CT molecular complexity index is 627. The fraction of sp³-hybridized carbons (Fsp3) is 0.188. The number of aryl methyl sites for hydroxylation is 1. The number of ether oxygens (including phenoxy) is 2. The molecule has 0 amide bonds. The zero-order valence-electron chi connectivity index (χ0n) is 11.7. The molecule has 0 saturated carbocycles. The van der Waals surface area contributed by atoms with E-state index in [1.807, 2.05) is 25.1 Å².